The van der Waals surface area contributed by atoms with E-state index in [0.717, 1.165) is 12.4 Å². The molecule has 0 radical (unpaired) electrons. The number of rotatable bonds is 2. The summed E-state index contributed by atoms with van der Waals surface area (Å²) in [7, 11) is 0.138. The van der Waals surface area contributed by atoms with Crippen LogP contribution in [0.5, 0.6) is 5.75 Å². The first-order chi connectivity index (χ1) is 10.7. The van der Waals surface area contributed by atoms with Crippen molar-refractivity contribution in [1.29, 1.82) is 0 Å². The van der Waals surface area contributed by atoms with Gasteiger partial charge in [0.25, 0.3) is 0 Å². The maximum absolute atomic E-state index is 5.95. The van der Waals surface area contributed by atoms with Crippen LogP contribution < -0.4 is 4.74 Å². The molecular weight excluding hydrogens is 348 g/mol. The van der Waals surface area contributed by atoms with Crippen molar-refractivity contribution in [2.24, 2.45) is 0 Å². The fourth-order valence-electron chi connectivity index (χ4n) is 3.01. The molecule has 0 N–H and O–H groups in total. The lowest BCUT2D eigenvalue weighted by Gasteiger charge is -2.28. The van der Waals surface area contributed by atoms with Crippen LogP contribution in [0.15, 0.2) is 54.4 Å². The van der Waals surface area contributed by atoms with Gasteiger partial charge in [0.2, 0.25) is 4.24 Å². The third-order valence-electron chi connectivity index (χ3n) is 4.24. The molecule has 1 aromatic carbocycles. The SMILES string of the molecule is CC(C)(C1COc2ccccc21)[S+]1C=CSC1=C1SC=CS1. The Morgan fingerprint density at radius 2 is 1.86 bits per heavy atom. The number of fused-ring (bicyclic) bond motifs is 1. The van der Waals surface area contributed by atoms with E-state index in [0.29, 0.717) is 5.92 Å². The van der Waals surface area contributed by atoms with Gasteiger partial charge < -0.3 is 4.74 Å². The fraction of sp³-hybridized carbons (Fsp3) is 0.294. The van der Waals surface area contributed by atoms with Gasteiger partial charge in [0.15, 0.2) is 0 Å². The Bertz CT molecular complexity index is 680. The van der Waals surface area contributed by atoms with E-state index in [4.69, 9.17) is 4.74 Å². The molecule has 3 aliphatic heterocycles. The fourth-order valence-corrected chi connectivity index (χ4v) is 9.76. The van der Waals surface area contributed by atoms with E-state index < -0.39 is 0 Å². The zero-order chi connectivity index (χ0) is 15.2. The molecule has 22 heavy (non-hydrogen) atoms. The van der Waals surface area contributed by atoms with E-state index >= 15 is 0 Å². The molecule has 0 aromatic heterocycles. The highest BCUT2D eigenvalue weighted by Gasteiger charge is 2.53. The normalized spacial score (nSPS) is 26.6. The van der Waals surface area contributed by atoms with Gasteiger partial charge in [-0.05, 0) is 42.5 Å². The molecule has 3 aliphatic rings. The molecule has 3 heterocycles. The molecule has 0 aliphatic carbocycles. The van der Waals surface area contributed by atoms with Gasteiger partial charge in [-0.2, -0.15) is 0 Å². The molecule has 2 atom stereocenters. The maximum atomic E-state index is 5.95. The van der Waals surface area contributed by atoms with Crippen molar-refractivity contribution in [2.45, 2.75) is 24.5 Å². The van der Waals surface area contributed by atoms with Gasteiger partial charge in [-0.25, -0.2) is 0 Å². The number of benzene rings is 1. The molecule has 0 saturated heterocycles. The largest absolute Gasteiger partial charge is 0.492 e. The van der Waals surface area contributed by atoms with E-state index in [-0.39, 0.29) is 15.6 Å². The summed E-state index contributed by atoms with van der Waals surface area (Å²) in [6, 6.07) is 8.52. The van der Waals surface area contributed by atoms with Crippen LogP contribution in [0.4, 0.5) is 0 Å². The molecule has 0 amide bonds. The second-order valence-corrected chi connectivity index (χ2v) is 11.5. The Morgan fingerprint density at radius 1 is 1.09 bits per heavy atom. The van der Waals surface area contributed by atoms with E-state index in [1.54, 1.807) is 0 Å². The highest BCUT2D eigenvalue weighted by atomic mass is 32.2. The lowest BCUT2D eigenvalue weighted by molar-refractivity contribution is 0.313. The van der Waals surface area contributed by atoms with Gasteiger partial charge in [0.1, 0.15) is 26.7 Å². The Morgan fingerprint density at radius 3 is 2.68 bits per heavy atom. The summed E-state index contributed by atoms with van der Waals surface area (Å²) in [4.78, 5) is 0. The van der Waals surface area contributed by atoms with Crippen LogP contribution in [0.3, 0.4) is 0 Å². The summed E-state index contributed by atoms with van der Waals surface area (Å²) in [5, 5.41) is 9.06. The first-order valence-electron chi connectivity index (χ1n) is 7.19. The summed E-state index contributed by atoms with van der Waals surface area (Å²) in [5.74, 6) is 1.52. The average Bonchev–Trinajstić information content (AvgIpc) is 3.25. The minimum atomic E-state index is 0.138. The van der Waals surface area contributed by atoms with Crippen molar-refractivity contribution >= 4 is 46.2 Å². The zero-order valence-corrected chi connectivity index (χ0v) is 15.7. The molecule has 4 rings (SSSR count). The zero-order valence-electron chi connectivity index (χ0n) is 12.4. The van der Waals surface area contributed by atoms with Gasteiger partial charge in [-0.15, -0.1) is 0 Å². The van der Waals surface area contributed by atoms with E-state index in [1.165, 1.54) is 14.0 Å². The highest BCUT2D eigenvalue weighted by Crippen LogP contribution is 2.55. The molecule has 2 unspecified atom stereocenters. The highest BCUT2D eigenvalue weighted by molar-refractivity contribution is 8.32. The molecule has 1 nitrogen and oxygen atoms in total. The summed E-state index contributed by atoms with van der Waals surface area (Å²) < 4.78 is 9.11. The molecule has 0 spiro atoms. The number of thioether (sulfide) groups is 3. The lowest BCUT2D eigenvalue weighted by Crippen LogP contribution is -2.38. The number of hydrogen-bond donors (Lipinski definition) is 0. The Kier molecular flexibility index (Phi) is 4.09. The summed E-state index contributed by atoms with van der Waals surface area (Å²) >= 11 is 5.63. The molecule has 5 heteroatoms. The van der Waals surface area contributed by atoms with Gasteiger partial charge in [0, 0.05) is 11.0 Å². The number of hydrogen-bond acceptors (Lipinski definition) is 4. The first-order valence-corrected chi connectivity index (χ1v) is 11.1. The second-order valence-electron chi connectivity index (χ2n) is 5.82. The third kappa shape index (κ3) is 2.46. The summed E-state index contributed by atoms with van der Waals surface area (Å²) in [5.41, 5.74) is 1.37. The lowest BCUT2D eigenvalue weighted by atomic mass is 9.89. The van der Waals surface area contributed by atoms with Crippen molar-refractivity contribution in [1.82, 2.24) is 0 Å². The van der Waals surface area contributed by atoms with Crippen LogP contribution in [-0.2, 0) is 10.9 Å². The van der Waals surface area contributed by atoms with Gasteiger partial charge in [0.05, 0.1) is 16.8 Å². The summed E-state index contributed by atoms with van der Waals surface area (Å²) in [6.07, 6.45) is 0. The van der Waals surface area contributed by atoms with Crippen LogP contribution in [-0.4, -0.2) is 11.4 Å². The smallest absolute Gasteiger partial charge is 0.219 e. The van der Waals surface area contributed by atoms with Crippen molar-refractivity contribution in [2.75, 3.05) is 6.61 Å². The molecule has 114 valence electrons. The molecule has 0 fully saturated rings. The van der Waals surface area contributed by atoms with Crippen molar-refractivity contribution in [3.8, 4) is 5.75 Å². The van der Waals surface area contributed by atoms with E-state index in [9.17, 15) is 0 Å². The van der Waals surface area contributed by atoms with Gasteiger partial charge in [-0.3, -0.25) is 0 Å². The topological polar surface area (TPSA) is 9.23 Å². The maximum Gasteiger partial charge on any atom is 0.219 e. The Hall–Kier alpha value is -0.360. The van der Waals surface area contributed by atoms with Crippen LogP contribution in [0, 0.1) is 0 Å². The molecule has 1 aromatic rings. The minimum Gasteiger partial charge on any atom is -0.492 e. The van der Waals surface area contributed by atoms with Crippen molar-refractivity contribution in [3.63, 3.8) is 0 Å². The minimum absolute atomic E-state index is 0.138. The van der Waals surface area contributed by atoms with Crippen molar-refractivity contribution in [3.05, 3.63) is 59.9 Å². The Labute approximate surface area is 147 Å². The van der Waals surface area contributed by atoms with E-state index in [1.807, 2.05) is 35.3 Å². The van der Waals surface area contributed by atoms with Crippen LogP contribution >= 0.6 is 35.3 Å². The Balaban J connectivity index is 1.69. The van der Waals surface area contributed by atoms with Crippen LogP contribution in [0.25, 0.3) is 0 Å². The number of ether oxygens (including phenoxy) is 1. The quantitative estimate of drug-likeness (QED) is 0.607. The van der Waals surface area contributed by atoms with Crippen molar-refractivity contribution < 1.29 is 4.74 Å². The first kappa shape index (κ1) is 15.2. The molecular formula is C17H17OS4+. The summed E-state index contributed by atoms with van der Waals surface area (Å²) in [6.45, 7) is 5.61. The predicted octanol–water partition coefficient (Wildman–Crippen LogP) is 5.86. The molecule has 0 bridgehead atoms. The average molecular weight is 366 g/mol. The van der Waals surface area contributed by atoms with Gasteiger partial charge >= 0.3 is 0 Å². The number of para-hydroxylation sites is 1. The van der Waals surface area contributed by atoms with E-state index in [2.05, 4.69) is 59.7 Å². The molecule has 0 saturated carbocycles. The second kappa shape index (κ2) is 5.93. The van der Waals surface area contributed by atoms with Crippen LogP contribution in [0.2, 0.25) is 0 Å². The standard InChI is InChI=1S/C17H17OS4/c1-17(2,13-11-18-14-6-4-3-5-12(13)14)22-10-9-21-16(22)15-19-7-8-20-15/h3-10,13H,11H2,1-2H3/q+1. The predicted molar refractivity (Wildman–Crippen MR) is 104 cm³/mol. The van der Waals surface area contributed by atoms with Crippen LogP contribution in [0.1, 0.15) is 25.3 Å². The third-order valence-corrected chi connectivity index (χ3v) is 11.0. The monoisotopic (exact) mass is 365 g/mol. The van der Waals surface area contributed by atoms with Gasteiger partial charge in [-0.1, -0.05) is 41.7 Å².